The summed E-state index contributed by atoms with van der Waals surface area (Å²) < 4.78 is 1.09. The number of aryl methyl sites for hydroxylation is 1. The van der Waals surface area contributed by atoms with Crippen LogP contribution in [0.2, 0.25) is 0 Å². The van der Waals surface area contributed by atoms with Crippen molar-refractivity contribution in [1.29, 1.82) is 0 Å². The van der Waals surface area contributed by atoms with Crippen LogP contribution in [0, 0.1) is 0 Å². The molecule has 1 N–H and O–H groups in total. The van der Waals surface area contributed by atoms with Gasteiger partial charge < -0.3 is 5.32 Å². The number of hydrogen-bond donors (Lipinski definition) is 1. The first kappa shape index (κ1) is 14.8. The lowest BCUT2D eigenvalue weighted by atomic mass is 9.99. The van der Waals surface area contributed by atoms with Gasteiger partial charge in [-0.2, -0.15) is 0 Å². The molecule has 2 aromatic carbocycles. The molecule has 2 rings (SSSR count). The Morgan fingerprint density at radius 3 is 2.35 bits per heavy atom. The zero-order chi connectivity index (χ0) is 14.2. The van der Waals surface area contributed by atoms with Gasteiger partial charge in [0.15, 0.2) is 0 Å². The maximum absolute atomic E-state index is 10.7. The minimum atomic E-state index is 0.179. The van der Waals surface area contributed by atoms with Crippen LogP contribution < -0.4 is 5.32 Å². The van der Waals surface area contributed by atoms with Crippen molar-refractivity contribution in [1.82, 2.24) is 5.32 Å². The molecule has 0 radical (unpaired) electrons. The number of halogens is 1. The van der Waals surface area contributed by atoms with Crippen molar-refractivity contribution < 1.29 is 4.79 Å². The van der Waals surface area contributed by atoms with Gasteiger partial charge in [-0.3, -0.25) is 4.79 Å². The Balaban J connectivity index is 1.92. The number of carbonyl (C=O) groups is 1. The van der Waals surface area contributed by atoms with Crippen molar-refractivity contribution in [3.8, 4) is 0 Å². The standard InChI is InChI=1S/C17H18BrNO/c18-16-9-6-14(7-10-16)8-11-17(19-13-20)12-15-4-2-1-3-5-15/h1-7,9-10,13,17H,8,11-12H2,(H,19,20). The molecular formula is C17H18BrNO. The molecule has 0 heterocycles. The fourth-order valence-corrected chi connectivity index (χ4v) is 2.50. The summed E-state index contributed by atoms with van der Waals surface area (Å²) in [6.45, 7) is 0. The lowest BCUT2D eigenvalue weighted by Gasteiger charge is -2.16. The summed E-state index contributed by atoms with van der Waals surface area (Å²) in [5.74, 6) is 0. The highest BCUT2D eigenvalue weighted by molar-refractivity contribution is 9.10. The summed E-state index contributed by atoms with van der Waals surface area (Å²) in [4.78, 5) is 10.7. The Bertz CT molecular complexity index is 524. The van der Waals surface area contributed by atoms with Crippen LogP contribution in [0.1, 0.15) is 17.5 Å². The first-order valence-electron chi connectivity index (χ1n) is 6.76. The lowest BCUT2D eigenvalue weighted by Crippen LogP contribution is -2.30. The molecule has 1 amide bonds. The van der Waals surface area contributed by atoms with Crippen LogP contribution in [-0.2, 0) is 17.6 Å². The van der Waals surface area contributed by atoms with Crippen molar-refractivity contribution >= 4 is 22.3 Å². The number of carbonyl (C=O) groups excluding carboxylic acids is 1. The summed E-state index contributed by atoms with van der Waals surface area (Å²) in [6, 6.07) is 18.8. The summed E-state index contributed by atoms with van der Waals surface area (Å²) in [5.41, 5.74) is 2.54. The largest absolute Gasteiger partial charge is 0.356 e. The molecule has 0 fully saturated rings. The third kappa shape index (κ3) is 4.82. The molecule has 104 valence electrons. The molecule has 0 aromatic heterocycles. The highest BCUT2D eigenvalue weighted by Gasteiger charge is 2.08. The summed E-state index contributed by atoms with van der Waals surface area (Å²) >= 11 is 3.44. The molecule has 2 aromatic rings. The van der Waals surface area contributed by atoms with Gasteiger partial charge in [-0.25, -0.2) is 0 Å². The Morgan fingerprint density at radius 2 is 1.70 bits per heavy atom. The molecule has 0 aliphatic rings. The van der Waals surface area contributed by atoms with Crippen molar-refractivity contribution in [2.75, 3.05) is 0 Å². The molecule has 0 saturated carbocycles. The van der Waals surface area contributed by atoms with Crippen LogP contribution in [0.25, 0.3) is 0 Å². The van der Waals surface area contributed by atoms with Crippen LogP contribution in [-0.4, -0.2) is 12.5 Å². The average molecular weight is 332 g/mol. The highest BCUT2D eigenvalue weighted by Crippen LogP contribution is 2.14. The fraction of sp³-hybridized carbons (Fsp3) is 0.235. The van der Waals surface area contributed by atoms with E-state index in [0.29, 0.717) is 0 Å². The van der Waals surface area contributed by atoms with Crippen LogP contribution in [0.5, 0.6) is 0 Å². The number of rotatable bonds is 7. The monoisotopic (exact) mass is 331 g/mol. The van der Waals surface area contributed by atoms with E-state index >= 15 is 0 Å². The number of amides is 1. The van der Waals surface area contributed by atoms with Crippen molar-refractivity contribution in [3.05, 3.63) is 70.2 Å². The summed E-state index contributed by atoms with van der Waals surface area (Å²) in [6.07, 6.45) is 3.58. The quantitative estimate of drug-likeness (QED) is 0.769. The van der Waals surface area contributed by atoms with Crippen LogP contribution in [0.4, 0.5) is 0 Å². The van der Waals surface area contributed by atoms with E-state index in [9.17, 15) is 4.79 Å². The van der Waals surface area contributed by atoms with Crippen LogP contribution >= 0.6 is 15.9 Å². The third-order valence-corrected chi connectivity index (χ3v) is 3.85. The van der Waals surface area contributed by atoms with E-state index < -0.39 is 0 Å². The van der Waals surface area contributed by atoms with Gasteiger partial charge in [0, 0.05) is 10.5 Å². The Labute approximate surface area is 128 Å². The second-order valence-electron chi connectivity index (χ2n) is 4.84. The average Bonchev–Trinajstić information content (AvgIpc) is 2.48. The molecule has 0 aliphatic carbocycles. The van der Waals surface area contributed by atoms with Crippen molar-refractivity contribution in [2.45, 2.75) is 25.3 Å². The molecule has 1 unspecified atom stereocenters. The van der Waals surface area contributed by atoms with Crippen LogP contribution in [0.15, 0.2) is 59.1 Å². The third-order valence-electron chi connectivity index (χ3n) is 3.32. The summed E-state index contributed by atoms with van der Waals surface area (Å²) in [5, 5.41) is 2.92. The minimum Gasteiger partial charge on any atom is -0.356 e. The van der Waals surface area contributed by atoms with E-state index in [4.69, 9.17) is 0 Å². The fourth-order valence-electron chi connectivity index (χ4n) is 2.23. The van der Waals surface area contributed by atoms with Gasteiger partial charge in [-0.15, -0.1) is 0 Å². The van der Waals surface area contributed by atoms with E-state index in [0.717, 1.165) is 30.1 Å². The maximum Gasteiger partial charge on any atom is 0.207 e. The second-order valence-corrected chi connectivity index (χ2v) is 5.75. The SMILES string of the molecule is O=CNC(CCc1ccc(Br)cc1)Cc1ccccc1. The highest BCUT2D eigenvalue weighted by atomic mass is 79.9. The maximum atomic E-state index is 10.7. The molecule has 2 nitrogen and oxygen atoms in total. The van der Waals surface area contributed by atoms with Gasteiger partial charge in [-0.1, -0.05) is 58.4 Å². The molecule has 0 bridgehead atoms. The van der Waals surface area contributed by atoms with E-state index in [1.807, 2.05) is 18.2 Å². The van der Waals surface area contributed by atoms with Gasteiger partial charge in [0.2, 0.25) is 6.41 Å². The normalized spacial score (nSPS) is 11.8. The van der Waals surface area contributed by atoms with Gasteiger partial charge >= 0.3 is 0 Å². The molecule has 0 spiro atoms. The number of nitrogens with one attached hydrogen (secondary N) is 1. The van der Waals surface area contributed by atoms with Crippen LogP contribution in [0.3, 0.4) is 0 Å². The first-order chi connectivity index (χ1) is 9.78. The number of benzene rings is 2. The zero-order valence-corrected chi connectivity index (χ0v) is 12.8. The zero-order valence-electron chi connectivity index (χ0n) is 11.3. The molecule has 0 saturated heterocycles. The van der Waals surface area contributed by atoms with Gasteiger partial charge in [0.1, 0.15) is 0 Å². The Hall–Kier alpha value is -1.61. The van der Waals surface area contributed by atoms with Gasteiger partial charge in [-0.05, 0) is 42.5 Å². The lowest BCUT2D eigenvalue weighted by molar-refractivity contribution is -0.110. The topological polar surface area (TPSA) is 29.1 Å². The van der Waals surface area contributed by atoms with E-state index in [2.05, 4.69) is 57.6 Å². The Kier molecular flexibility index (Phi) is 5.81. The van der Waals surface area contributed by atoms with Crippen molar-refractivity contribution in [3.63, 3.8) is 0 Å². The first-order valence-corrected chi connectivity index (χ1v) is 7.55. The Morgan fingerprint density at radius 1 is 1.00 bits per heavy atom. The van der Waals surface area contributed by atoms with Gasteiger partial charge in [0.25, 0.3) is 0 Å². The molecule has 20 heavy (non-hydrogen) atoms. The molecular weight excluding hydrogens is 314 g/mol. The minimum absolute atomic E-state index is 0.179. The smallest absolute Gasteiger partial charge is 0.207 e. The van der Waals surface area contributed by atoms with E-state index in [1.54, 1.807) is 0 Å². The van der Waals surface area contributed by atoms with E-state index in [-0.39, 0.29) is 6.04 Å². The van der Waals surface area contributed by atoms with Crippen molar-refractivity contribution in [2.24, 2.45) is 0 Å². The summed E-state index contributed by atoms with van der Waals surface area (Å²) in [7, 11) is 0. The van der Waals surface area contributed by atoms with E-state index in [1.165, 1.54) is 11.1 Å². The molecule has 1 atom stereocenters. The predicted molar refractivity (Wildman–Crippen MR) is 85.6 cm³/mol. The predicted octanol–water partition coefficient (Wildman–Crippen LogP) is 3.74. The molecule has 3 heteroatoms. The second kappa shape index (κ2) is 7.85. The van der Waals surface area contributed by atoms with Gasteiger partial charge in [0.05, 0.1) is 0 Å². The molecule has 0 aliphatic heterocycles. The number of hydrogen-bond acceptors (Lipinski definition) is 1.